The molecular weight excluding hydrogens is 224 g/mol. The van der Waals surface area contributed by atoms with Crippen LogP contribution in [0.15, 0.2) is 36.4 Å². The van der Waals surface area contributed by atoms with Crippen LogP contribution in [0, 0.1) is 0 Å². The fourth-order valence-corrected chi connectivity index (χ4v) is 1.13. The van der Waals surface area contributed by atoms with Gasteiger partial charge in [0.2, 0.25) is 0 Å². The molecule has 1 aromatic rings. The van der Waals surface area contributed by atoms with E-state index in [2.05, 4.69) is 58.9 Å². The molecule has 2 nitrogen and oxygen atoms in total. The van der Waals surface area contributed by atoms with E-state index in [-0.39, 0.29) is 0 Å². The Balaban J connectivity index is 0. The lowest BCUT2D eigenvalue weighted by Gasteiger charge is -1.86. The maximum Gasteiger partial charge on any atom is 0.0351 e. The first-order chi connectivity index (χ1) is 8.71. The van der Waals surface area contributed by atoms with E-state index in [0.717, 1.165) is 0 Å². The van der Waals surface area contributed by atoms with Gasteiger partial charge in [0.05, 0.1) is 0 Å². The second-order valence-corrected chi connectivity index (χ2v) is 3.43. The summed E-state index contributed by atoms with van der Waals surface area (Å²) in [6, 6.07) is 8.36. The van der Waals surface area contributed by atoms with Crippen LogP contribution in [0.1, 0.15) is 13.8 Å². The molecule has 0 saturated heterocycles. The number of benzene rings is 1. The topological polar surface area (TPSA) is 18.5 Å². The normalized spacial score (nSPS) is 11.7. The van der Waals surface area contributed by atoms with Gasteiger partial charge in [0.15, 0.2) is 0 Å². The van der Waals surface area contributed by atoms with Crippen LogP contribution in [-0.4, -0.2) is 28.4 Å². The molecule has 102 valence electrons. The summed E-state index contributed by atoms with van der Waals surface area (Å²) in [4.78, 5) is 0. The van der Waals surface area contributed by atoms with Crippen molar-refractivity contribution >= 4 is 12.2 Å². The van der Waals surface area contributed by atoms with Crippen molar-refractivity contribution in [2.45, 2.75) is 13.8 Å². The number of hydrogen-bond donors (Lipinski definition) is 0. The molecule has 18 heavy (non-hydrogen) atoms. The summed E-state index contributed by atoms with van der Waals surface area (Å²) >= 11 is 0. The Morgan fingerprint density at radius 1 is 0.833 bits per heavy atom. The zero-order valence-corrected chi connectivity index (χ0v) is 12.4. The maximum absolute atomic E-state index is 4.25. The molecule has 0 saturated carbocycles. The van der Waals surface area contributed by atoms with Gasteiger partial charge in [-0.25, -0.2) is 0 Å². The van der Waals surface area contributed by atoms with Crippen molar-refractivity contribution in [2.24, 2.45) is 0 Å². The van der Waals surface area contributed by atoms with Crippen LogP contribution >= 0.6 is 0 Å². The van der Waals surface area contributed by atoms with E-state index in [1.807, 2.05) is 13.0 Å². The van der Waals surface area contributed by atoms with Gasteiger partial charge in [-0.3, -0.25) is 0 Å². The molecule has 0 spiro atoms. The Morgan fingerprint density at radius 2 is 1.28 bits per heavy atom. The first-order valence-electron chi connectivity index (χ1n) is 5.86. The van der Waals surface area contributed by atoms with Gasteiger partial charge in [0.1, 0.15) is 0 Å². The predicted octanol–water partition coefficient (Wildman–Crippen LogP) is 2.37. The van der Waals surface area contributed by atoms with Crippen LogP contribution in [0.2, 0.25) is 0 Å². The molecule has 0 heterocycles. The summed E-state index contributed by atoms with van der Waals surface area (Å²) in [6.45, 7) is 4.08. The molecule has 0 aliphatic carbocycles. The number of methoxy groups -OCH3 is 2. The van der Waals surface area contributed by atoms with E-state index in [9.17, 15) is 0 Å². The summed E-state index contributed by atoms with van der Waals surface area (Å²) < 4.78 is 8.50. The van der Waals surface area contributed by atoms with Gasteiger partial charge in [-0.15, -0.1) is 0 Å². The average molecular weight is 250 g/mol. The van der Waals surface area contributed by atoms with Crippen molar-refractivity contribution in [3.63, 3.8) is 0 Å². The molecule has 1 aromatic carbocycles. The van der Waals surface area contributed by atoms with Crippen LogP contribution in [0.4, 0.5) is 0 Å². The molecule has 0 bridgehead atoms. The molecule has 0 atom stereocenters. The lowest BCUT2D eigenvalue weighted by molar-refractivity contribution is 0.277. The quantitative estimate of drug-likeness (QED) is 0.762. The molecular formula is C16H26O2. The van der Waals surface area contributed by atoms with Crippen molar-refractivity contribution in [3.8, 4) is 0 Å². The largest absolute Gasteiger partial charge is 0.388 e. The number of hydrogen-bond acceptors (Lipinski definition) is 2. The zero-order chi connectivity index (χ0) is 14.2. The van der Waals surface area contributed by atoms with Gasteiger partial charge in [-0.05, 0) is 24.3 Å². The van der Waals surface area contributed by atoms with Gasteiger partial charge < -0.3 is 9.47 Å². The fourth-order valence-electron chi connectivity index (χ4n) is 1.13. The van der Waals surface area contributed by atoms with Crippen molar-refractivity contribution < 1.29 is 9.47 Å². The highest BCUT2D eigenvalue weighted by atomic mass is 16.5. The van der Waals surface area contributed by atoms with Crippen LogP contribution < -0.4 is 10.4 Å². The molecule has 0 unspecified atom stereocenters. The Bertz CT molecular complexity index is 403. The van der Waals surface area contributed by atoms with Crippen molar-refractivity contribution in [3.05, 3.63) is 46.9 Å². The third-order valence-corrected chi connectivity index (χ3v) is 1.78. The molecule has 0 fully saturated rings. The van der Waals surface area contributed by atoms with Crippen LogP contribution in [0.5, 0.6) is 0 Å². The highest BCUT2D eigenvalue weighted by Gasteiger charge is 1.78. The van der Waals surface area contributed by atoms with E-state index >= 15 is 0 Å². The van der Waals surface area contributed by atoms with E-state index in [1.165, 1.54) is 10.4 Å². The van der Waals surface area contributed by atoms with Crippen LogP contribution in [0.3, 0.4) is 0 Å². The number of rotatable bonds is 1. The standard InChI is InChI=1S/C12H14.2C2H6O/c1-3-5-8-12-10-7-6-9-11(12)4-2;2*1-3-2/h3-10H,1-2H3;2*1-2H3/b5-3-,11-4-,12-8-;;. The van der Waals surface area contributed by atoms with Crippen LogP contribution in [-0.2, 0) is 9.47 Å². The average Bonchev–Trinajstić information content (AvgIpc) is 2.38. The number of ether oxygens (including phenoxy) is 2. The first kappa shape index (κ1) is 19.0. The van der Waals surface area contributed by atoms with Gasteiger partial charge in [0, 0.05) is 28.4 Å². The number of allylic oxidation sites excluding steroid dienone is 2. The summed E-state index contributed by atoms with van der Waals surface area (Å²) in [5, 5.41) is 2.56. The van der Waals surface area contributed by atoms with Crippen molar-refractivity contribution in [1.82, 2.24) is 0 Å². The molecule has 0 radical (unpaired) electrons. The molecule has 0 aromatic heterocycles. The summed E-state index contributed by atoms with van der Waals surface area (Å²) in [5.41, 5.74) is 0. The Kier molecular flexibility index (Phi) is 16.5. The van der Waals surface area contributed by atoms with Gasteiger partial charge in [-0.1, -0.05) is 48.6 Å². The second kappa shape index (κ2) is 15.6. The van der Waals surface area contributed by atoms with E-state index < -0.39 is 0 Å². The van der Waals surface area contributed by atoms with Crippen LogP contribution in [0.25, 0.3) is 12.2 Å². The smallest absolute Gasteiger partial charge is 0.0351 e. The zero-order valence-electron chi connectivity index (χ0n) is 12.4. The Labute approximate surface area is 111 Å². The van der Waals surface area contributed by atoms with Crippen molar-refractivity contribution in [2.75, 3.05) is 28.4 Å². The molecule has 0 N–H and O–H groups in total. The third-order valence-electron chi connectivity index (χ3n) is 1.78. The molecule has 2 heteroatoms. The highest BCUT2D eigenvalue weighted by molar-refractivity contribution is 5.38. The summed E-state index contributed by atoms with van der Waals surface area (Å²) in [7, 11) is 6.50. The van der Waals surface area contributed by atoms with Gasteiger partial charge >= 0.3 is 0 Å². The molecule has 0 amide bonds. The molecule has 1 rings (SSSR count). The summed E-state index contributed by atoms with van der Waals surface area (Å²) in [5.74, 6) is 0. The second-order valence-electron chi connectivity index (χ2n) is 3.43. The minimum absolute atomic E-state index is 1.28. The maximum atomic E-state index is 4.25. The van der Waals surface area contributed by atoms with E-state index in [1.54, 1.807) is 28.4 Å². The monoisotopic (exact) mass is 250 g/mol. The lowest BCUT2D eigenvalue weighted by atomic mass is 10.2. The Hall–Kier alpha value is -1.38. The summed E-state index contributed by atoms with van der Waals surface area (Å²) in [6.07, 6.45) is 8.33. The molecule has 0 aliphatic heterocycles. The predicted molar refractivity (Wildman–Crippen MR) is 81.0 cm³/mol. The molecule has 0 aliphatic rings. The minimum atomic E-state index is 1.28. The highest BCUT2D eigenvalue weighted by Crippen LogP contribution is 1.74. The fraction of sp³-hybridized carbons (Fsp3) is 0.375. The lowest BCUT2D eigenvalue weighted by Crippen LogP contribution is -2.22. The van der Waals surface area contributed by atoms with E-state index in [0.29, 0.717) is 0 Å². The van der Waals surface area contributed by atoms with E-state index in [4.69, 9.17) is 0 Å². The van der Waals surface area contributed by atoms with Gasteiger partial charge in [-0.2, -0.15) is 0 Å². The minimum Gasteiger partial charge on any atom is -0.388 e. The third kappa shape index (κ3) is 11.1. The van der Waals surface area contributed by atoms with Crippen molar-refractivity contribution in [1.29, 1.82) is 0 Å². The SMILES string of the molecule is COC.COC.C\C=C/C=c1/cccc/c1=C/C. The van der Waals surface area contributed by atoms with Gasteiger partial charge in [0.25, 0.3) is 0 Å². The first-order valence-corrected chi connectivity index (χ1v) is 5.86. The Morgan fingerprint density at radius 3 is 1.67 bits per heavy atom.